The lowest BCUT2D eigenvalue weighted by atomic mass is 10.2. The van der Waals surface area contributed by atoms with Crippen LogP contribution in [0.25, 0.3) is 0 Å². The molecule has 0 bridgehead atoms. The quantitative estimate of drug-likeness (QED) is 0.650. The predicted octanol–water partition coefficient (Wildman–Crippen LogP) is 0.417. The zero-order chi connectivity index (χ0) is 8.39. The van der Waals surface area contributed by atoms with Crippen LogP contribution in [-0.4, -0.2) is 43.9 Å². The molecular weight excluding hydrogens is 152 g/mol. The number of rotatable bonds is 2. The Bertz CT molecular complexity index is 145. The zero-order valence-electron chi connectivity index (χ0n) is 7.75. The maximum absolute atomic E-state index is 5.43. The van der Waals surface area contributed by atoms with Gasteiger partial charge in [-0.3, -0.25) is 4.90 Å². The van der Waals surface area contributed by atoms with Crippen molar-refractivity contribution in [3.8, 4) is 0 Å². The summed E-state index contributed by atoms with van der Waals surface area (Å²) in [6, 6.07) is 0.734. The number of nitrogens with zero attached hydrogens (tertiary/aromatic N) is 1. The van der Waals surface area contributed by atoms with E-state index in [2.05, 4.69) is 10.2 Å². The molecule has 2 saturated heterocycles. The molecule has 2 unspecified atom stereocenters. The summed E-state index contributed by atoms with van der Waals surface area (Å²) in [6.45, 7) is 3.56. The van der Waals surface area contributed by atoms with E-state index in [-0.39, 0.29) is 0 Å². The molecule has 0 aromatic carbocycles. The van der Waals surface area contributed by atoms with E-state index < -0.39 is 0 Å². The van der Waals surface area contributed by atoms with Crippen molar-refractivity contribution in [2.24, 2.45) is 0 Å². The van der Waals surface area contributed by atoms with Crippen molar-refractivity contribution in [2.45, 2.75) is 31.5 Å². The van der Waals surface area contributed by atoms with Crippen molar-refractivity contribution in [2.75, 3.05) is 26.7 Å². The Morgan fingerprint density at radius 3 is 3.00 bits per heavy atom. The molecular formula is C9H18N2O. The van der Waals surface area contributed by atoms with E-state index in [0.717, 1.165) is 12.6 Å². The highest BCUT2D eigenvalue weighted by Gasteiger charge is 2.31. The molecule has 12 heavy (non-hydrogen) atoms. The van der Waals surface area contributed by atoms with Gasteiger partial charge in [0.2, 0.25) is 0 Å². The van der Waals surface area contributed by atoms with Gasteiger partial charge in [-0.1, -0.05) is 0 Å². The molecule has 0 aliphatic carbocycles. The first kappa shape index (κ1) is 8.48. The monoisotopic (exact) mass is 170 g/mol. The second-order valence-corrected chi connectivity index (χ2v) is 3.72. The second-order valence-electron chi connectivity index (χ2n) is 3.72. The van der Waals surface area contributed by atoms with Crippen LogP contribution in [-0.2, 0) is 4.74 Å². The van der Waals surface area contributed by atoms with Gasteiger partial charge in [-0.05, 0) is 25.8 Å². The largest absolute Gasteiger partial charge is 0.366 e. The number of methoxy groups -OCH3 is 1. The molecule has 70 valence electrons. The molecule has 0 saturated carbocycles. The summed E-state index contributed by atoms with van der Waals surface area (Å²) in [7, 11) is 1.82. The Hall–Kier alpha value is -0.120. The molecule has 0 aromatic rings. The predicted molar refractivity (Wildman–Crippen MR) is 48.0 cm³/mol. The van der Waals surface area contributed by atoms with Crippen molar-refractivity contribution in [3.05, 3.63) is 0 Å². The van der Waals surface area contributed by atoms with E-state index in [1.165, 1.54) is 32.4 Å². The fourth-order valence-electron chi connectivity index (χ4n) is 2.35. The van der Waals surface area contributed by atoms with Crippen molar-refractivity contribution in [1.82, 2.24) is 10.2 Å². The minimum atomic E-state index is 0.398. The highest BCUT2D eigenvalue weighted by Crippen LogP contribution is 2.22. The fourth-order valence-corrected chi connectivity index (χ4v) is 2.35. The van der Waals surface area contributed by atoms with E-state index in [1.54, 1.807) is 0 Å². The van der Waals surface area contributed by atoms with E-state index >= 15 is 0 Å². The molecule has 0 aromatic heterocycles. The number of ether oxygens (including phenoxy) is 1. The van der Waals surface area contributed by atoms with Crippen molar-refractivity contribution < 1.29 is 4.74 Å². The van der Waals surface area contributed by atoms with Gasteiger partial charge in [-0.15, -0.1) is 0 Å². The van der Waals surface area contributed by atoms with E-state index in [9.17, 15) is 0 Å². The van der Waals surface area contributed by atoms with E-state index in [4.69, 9.17) is 4.74 Å². The first-order chi connectivity index (χ1) is 5.92. The van der Waals surface area contributed by atoms with Crippen LogP contribution in [0.1, 0.15) is 19.3 Å². The van der Waals surface area contributed by atoms with Gasteiger partial charge in [0.25, 0.3) is 0 Å². The minimum Gasteiger partial charge on any atom is -0.366 e. The molecule has 2 atom stereocenters. The smallest absolute Gasteiger partial charge is 0.110 e. The zero-order valence-corrected chi connectivity index (χ0v) is 7.75. The summed E-state index contributed by atoms with van der Waals surface area (Å²) < 4.78 is 5.43. The standard InChI is InChI=1S/C9H18N2O/c1-12-9-3-2-6-11(9)8-4-5-10-7-8/h8-10H,2-7H2,1H3. The van der Waals surface area contributed by atoms with Crippen LogP contribution in [0.4, 0.5) is 0 Å². The molecule has 2 aliphatic rings. The van der Waals surface area contributed by atoms with Crippen molar-refractivity contribution in [3.63, 3.8) is 0 Å². The topological polar surface area (TPSA) is 24.5 Å². The van der Waals surface area contributed by atoms with Crippen LogP contribution in [0.15, 0.2) is 0 Å². The SMILES string of the molecule is COC1CCCN1C1CCNC1. The first-order valence-corrected chi connectivity index (χ1v) is 4.91. The van der Waals surface area contributed by atoms with Crippen molar-refractivity contribution in [1.29, 1.82) is 0 Å². The maximum atomic E-state index is 5.43. The Morgan fingerprint density at radius 1 is 1.42 bits per heavy atom. The summed E-state index contributed by atoms with van der Waals surface area (Å²) in [5, 5.41) is 3.40. The number of likely N-dealkylation sites (tertiary alicyclic amines) is 1. The van der Waals surface area contributed by atoms with E-state index in [0.29, 0.717) is 6.23 Å². The molecule has 0 radical (unpaired) electrons. The lowest BCUT2D eigenvalue weighted by Gasteiger charge is -2.28. The Balaban J connectivity index is 1.92. The Kier molecular flexibility index (Phi) is 2.63. The summed E-state index contributed by atoms with van der Waals surface area (Å²) in [5.74, 6) is 0. The summed E-state index contributed by atoms with van der Waals surface area (Å²) >= 11 is 0. The molecule has 3 heteroatoms. The van der Waals surface area contributed by atoms with E-state index in [1.807, 2.05) is 7.11 Å². The van der Waals surface area contributed by atoms with Crippen LogP contribution in [0.5, 0.6) is 0 Å². The van der Waals surface area contributed by atoms with Crippen LogP contribution in [0, 0.1) is 0 Å². The normalized spacial score (nSPS) is 37.8. The Labute approximate surface area is 74.1 Å². The highest BCUT2D eigenvalue weighted by atomic mass is 16.5. The van der Waals surface area contributed by atoms with Gasteiger partial charge < -0.3 is 10.1 Å². The molecule has 2 rings (SSSR count). The number of hydrogen-bond donors (Lipinski definition) is 1. The molecule has 3 nitrogen and oxygen atoms in total. The fraction of sp³-hybridized carbons (Fsp3) is 1.00. The number of hydrogen-bond acceptors (Lipinski definition) is 3. The van der Waals surface area contributed by atoms with Gasteiger partial charge in [0.15, 0.2) is 0 Å². The maximum Gasteiger partial charge on any atom is 0.110 e. The first-order valence-electron chi connectivity index (χ1n) is 4.91. The highest BCUT2D eigenvalue weighted by molar-refractivity contribution is 4.85. The second kappa shape index (κ2) is 3.73. The Morgan fingerprint density at radius 2 is 2.33 bits per heavy atom. The summed E-state index contributed by atoms with van der Waals surface area (Å²) in [4.78, 5) is 2.51. The van der Waals surface area contributed by atoms with Crippen molar-refractivity contribution >= 4 is 0 Å². The third-order valence-corrected chi connectivity index (χ3v) is 3.01. The summed E-state index contributed by atoms with van der Waals surface area (Å²) in [6.07, 6.45) is 4.21. The average molecular weight is 170 g/mol. The van der Waals surface area contributed by atoms with Gasteiger partial charge in [0.1, 0.15) is 6.23 Å². The van der Waals surface area contributed by atoms with Crippen LogP contribution < -0.4 is 5.32 Å². The third kappa shape index (κ3) is 1.49. The van der Waals surface area contributed by atoms with Gasteiger partial charge in [-0.25, -0.2) is 0 Å². The van der Waals surface area contributed by atoms with Gasteiger partial charge in [-0.2, -0.15) is 0 Å². The lowest BCUT2D eigenvalue weighted by molar-refractivity contribution is -0.0226. The third-order valence-electron chi connectivity index (χ3n) is 3.01. The molecule has 0 spiro atoms. The van der Waals surface area contributed by atoms with Crippen LogP contribution >= 0.6 is 0 Å². The average Bonchev–Trinajstić information content (AvgIpc) is 2.74. The minimum absolute atomic E-state index is 0.398. The summed E-state index contributed by atoms with van der Waals surface area (Å²) in [5.41, 5.74) is 0. The molecule has 2 heterocycles. The lowest BCUT2D eigenvalue weighted by Crippen LogP contribution is -2.41. The van der Waals surface area contributed by atoms with Gasteiger partial charge in [0.05, 0.1) is 0 Å². The van der Waals surface area contributed by atoms with Crippen LogP contribution in [0.3, 0.4) is 0 Å². The number of nitrogens with one attached hydrogen (secondary N) is 1. The molecule has 2 fully saturated rings. The molecule has 1 N–H and O–H groups in total. The molecule has 2 aliphatic heterocycles. The molecule has 0 amide bonds. The van der Waals surface area contributed by atoms with Gasteiger partial charge in [0, 0.05) is 26.2 Å². The van der Waals surface area contributed by atoms with Crippen LogP contribution in [0.2, 0.25) is 0 Å². The van der Waals surface area contributed by atoms with Gasteiger partial charge >= 0.3 is 0 Å².